The van der Waals surface area contributed by atoms with Crippen molar-refractivity contribution in [1.82, 2.24) is 14.8 Å². The molecule has 1 fully saturated rings. The predicted octanol–water partition coefficient (Wildman–Crippen LogP) is 3.38. The van der Waals surface area contributed by atoms with Gasteiger partial charge in [0.15, 0.2) is 5.11 Å². The molecular formula is C20H16FN3OS. The highest BCUT2D eigenvalue weighted by molar-refractivity contribution is 7.80. The number of carbonyl (C=O) groups excluding carboxylic acids is 1. The predicted molar refractivity (Wildman–Crippen MR) is 101 cm³/mol. The summed E-state index contributed by atoms with van der Waals surface area (Å²) in [5.74, 6) is -0.270. The summed E-state index contributed by atoms with van der Waals surface area (Å²) in [4.78, 5) is 19.8. The number of H-pyrrole nitrogens is 1. The lowest BCUT2D eigenvalue weighted by Crippen LogP contribution is -2.44. The van der Waals surface area contributed by atoms with E-state index in [0.29, 0.717) is 11.5 Å². The lowest BCUT2D eigenvalue weighted by molar-refractivity contribution is -0.127. The monoisotopic (exact) mass is 365 g/mol. The first kappa shape index (κ1) is 15.5. The van der Waals surface area contributed by atoms with Gasteiger partial charge in [-0.1, -0.05) is 30.3 Å². The fourth-order valence-electron chi connectivity index (χ4n) is 4.20. The van der Waals surface area contributed by atoms with Crippen LogP contribution in [0.4, 0.5) is 4.39 Å². The summed E-state index contributed by atoms with van der Waals surface area (Å²) >= 11 is 5.57. The van der Waals surface area contributed by atoms with Crippen molar-refractivity contribution in [2.75, 3.05) is 7.05 Å². The van der Waals surface area contributed by atoms with Crippen molar-refractivity contribution in [1.29, 1.82) is 0 Å². The van der Waals surface area contributed by atoms with Crippen LogP contribution in [-0.4, -0.2) is 38.9 Å². The normalized spacial score (nSPS) is 22.1. The van der Waals surface area contributed by atoms with Crippen molar-refractivity contribution >= 4 is 34.1 Å². The number of aromatic amines is 1. The number of halogens is 1. The van der Waals surface area contributed by atoms with E-state index >= 15 is 0 Å². The van der Waals surface area contributed by atoms with Crippen molar-refractivity contribution in [3.63, 3.8) is 0 Å². The molecule has 0 unspecified atom stereocenters. The largest absolute Gasteiger partial charge is 0.356 e. The summed E-state index contributed by atoms with van der Waals surface area (Å²) in [7, 11) is 1.72. The third-order valence-electron chi connectivity index (χ3n) is 5.44. The molecule has 1 saturated heterocycles. The van der Waals surface area contributed by atoms with Gasteiger partial charge in [0.2, 0.25) is 0 Å². The van der Waals surface area contributed by atoms with E-state index in [-0.39, 0.29) is 23.8 Å². The topological polar surface area (TPSA) is 39.3 Å². The average molecular weight is 365 g/mol. The number of amides is 1. The molecule has 0 radical (unpaired) electrons. The van der Waals surface area contributed by atoms with E-state index in [4.69, 9.17) is 12.2 Å². The summed E-state index contributed by atoms with van der Waals surface area (Å²) in [6, 6.07) is 14.0. The van der Waals surface area contributed by atoms with E-state index in [0.717, 1.165) is 27.7 Å². The van der Waals surface area contributed by atoms with Crippen LogP contribution >= 0.6 is 12.2 Å². The number of thiocarbonyl (C=S) groups is 1. The Hall–Kier alpha value is -2.73. The Labute approximate surface area is 155 Å². The van der Waals surface area contributed by atoms with E-state index in [1.165, 1.54) is 12.1 Å². The summed E-state index contributed by atoms with van der Waals surface area (Å²) in [6.45, 7) is 0. The minimum absolute atomic E-state index is 0.0121. The highest BCUT2D eigenvalue weighted by Gasteiger charge is 2.49. The molecule has 3 aromatic rings. The number of nitrogens with one attached hydrogen (secondary N) is 1. The summed E-state index contributed by atoms with van der Waals surface area (Å²) in [6.07, 6.45) is 0.611. The van der Waals surface area contributed by atoms with Crippen molar-refractivity contribution < 1.29 is 9.18 Å². The number of fused-ring (bicyclic) bond motifs is 4. The number of likely N-dealkylation sites (N-methyl/N-ethyl adjacent to an activating group) is 1. The zero-order valence-electron chi connectivity index (χ0n) is 14.1. The molecule has 1 amide bonds. The summed E-state index contributed by atoms with van der Waals surface area (Å²) < 4.78 is 13.5. The molecule has 130 valence electrons. The number of benzene rings is 2. The van der Waals surface area contributed by atoms with Crippen LogP contribution in [0.2, 0.25) is 0 Å². The first-order valence-electron chi connectivity index (χ1n) is 8.51. The van der Waals surface area contributed by atoms with Crippen LogP contribution in [-0.2, 0) is 11.2 Å². The molecule has 0 aliphatic carbocycles. The van der Waals surface area contributed by atoms with Crippen LogP contribution in [0.15, 0.2) is 48.5 Å². The van der Waals surface area contributed by atoms with Crippen LogP contribution in [0.1, 0.15) is 22.9 Å². The van der Waals surface area contributed by atoms with Gasteiger partial charge < -0.3 is 9.88 Å². The van der Waals surface area contributed by atoms with Gasteiger partial charge in [0, 0.05) is 30.1 Å². The maximum absolute atomic E-state index is 13.5. The maximum atomic E-state index is 13.5. The van der Waals surface area contributed by atoms with Gasteiger partial charge in [0.25, 0.3) is 5.91 Å². The van der Waals surface area contributed by atoms with Gasteiger partial charge >= 0.3 is 0 Å². The lowest BCUT2D eigenvalue weighted by Gasteiger charge is -2.37. The first-order chi connectivity index (χ1) is 12.6. The minimum atomic E-state index is -0.325. The molecule has 0 bridgehead atoms. The third-order valence-corrected chi connectivity index (χ3v) is 5.93. The molecule has 2 atom stereocenters. The van der Waals surface area contributed by atoms with Crippen LogP contribution < -0.4 is 0 Å². The number of rotatable bonds is 1. The van der Waals surface area contributed by atoms with Crippen LogP contribution in [0.5, 0.6) is 0 Å². The van der Waals surface area contributed by atoms with E-state index in [1.807, 2.05) is 23.1 Å². The highest BCUT2D eigenvalue weighted by Crippen LogP contribution is 2.43. The summed E-state index contributed by atoms with van der Waals surface area (Å²) in [5.41, 5.74) is 4.12. The number of hydrogen-bond acceptors (Lipinski definition) is 2. The number of aromatic nitrogens is 1. The molecule has 5 rings (SSSR count). The van der Waals surface area contributed by atoms with Gasteiger partial charge in [-0.15, -0.1) is 0 Å². The maximum Gasteiger partial charge on any atom is 0.251 e. The SMILES string of the molecule is CN1C(=O)[C@@H]2Cc3c([nH]c4ccccc34)[C@@H](c3ccc(F)cc3)N2C1=S. The standard InChI is InChI=1S/C20H16FN3OS/c1-23-19(25)16-10-14-13-4-2-3-5-15(13)22-17(14)18(24(16)20(23)26)11-6-8-12(21)9-7-11/h2-9,16,18,22H,10H2,1H3/t16-,18+/m0/s1. The van der Waals surface area contributed by atoms with Crippen LogP contribution in [0.25, 0.3) is 10.9 Å². The Balaban J connectivity index is 1.77. The quantitative estimate of drug-likeness (QED) is 0.672. The second-order valence-corrected chi connectivity index (χ2v) is 7.19. The number of para-hydroxylation sites is 1. The van der Waals surface area contributed by atoms with Crippen LogP contribution in [0.3, 0.4) is 0 Å². The Bertz CT molecular complexity index is 1060. The van der Waals surface area contributed by atoms with Gasteiger partial charge in [-0.2, -0.15) is 0 Å². The molecule has 4 nitrogen and oxygen atoms in total. The zero-order chi connectivity index (χ0) is 18.0. The second kappa shape index (κ2) is 5.38. The van der Waals surface area contributed by atoms with E-state index in [1.54, 1.807) is 24.1 Å². The molecule has 2 aliphatic heterocycles. The van der Waals surface area contributed by atoms with E-state index < -0.39 is 0 Å². The third kappa shape index (κ3) is 1.99. The second-order valence-electron chi connectivity index (χ2n) is 6.82. The van der Waals surface area contributed by atoms with Gasteiger partial charge in [0.1, 0.15) is 11.9 Å². The Morgan fingerprint density at radius 3 is 2.65 bits per heavy atom. The molecule has 6 heteroatoms. The number of hydrogen-bond donors (Lipinski definition) is 1. The smallest absolute Gasteiger partial charge is 0.251 e. The van der Waals surface area contributed by atoms with Crippen LogP contribution in [0, 0.1) is 5.82 Å². The van der Waals surface area contributed by atoms with E-state index in [9.17, 15) is 9.18 Å². The Morgan fingerprint density at radius 1 is 1.15 bits per heavy atom. The van der Waals surface area contributed by atoms with Crippen molar-refractivity contribution in [3.8, 4) is 0 Å². The van der Waals surface area contributed by atoms with Crippen molar-refractivity contribution in [3.05, 3.63) is 71.2 Å². The van der Waals surface area contributed by atoms with Gasteiger partial charge in [0.05, 0.1) is 6.04 Å². The Kier molecular flexibility index (Phi) is 3.21. The summed E-state index contributed by atoms with van der Waals surface area (Å²) in [5, 5.41) is 1.64. The zero-order valence-corrected chi connectivity index (χ0v) is 14.9. The molecule has 3 heterocycles. The molecule has 2 aliphatic rings. The minimum Gasteiger partial charge on any atom is -0.356 e. The van der Waals surface area contributed by atoms with Gasteiger partial charge in [-0.3, -0.25) is 9.69 Å². The molecule has 0 saturated carbocycles. The molecule has 2 aromatic carbocycles. The average Bonchev–Trinajstić information content (AvgIpc) is 3.13. The van der Waals surface area contributed by atoms with Crippen molar-refractivity contribution in [2.45, 2.75) is 18.5 Å². The first-order valence-corrected chi connectivity index (χ1v) is 8.92. The molecule has 0 spiro atoms. The van der Waals surface area contributed by atoms with E-state index in [2.05, 4.69) is 11.1 Å². The molecule has 26 heavy (non-hydrogen) atoms. The molecular weight excluding hydrogens is 349 g/mol. The molecule has 1 aromatic heterocycles. The highest BCUT2D eigenvalue weighted by atomic mass is 32.1. The van der Waals surface area contributed by atoms with Crippen molar-refractivity contribution in [2.24, 2.45) is 0 Å². The molecule has 1 N–H and O–H groups in total. The number of carbonyl (C=O) groups is 1. The van der Waals surface area contributed by atoms with Gasteiger partial charge in [-0.05, 0) is 41.5 Å². The lowest BCUT2D eigenvalue weighted by atomic mass is 9.89. The fraction of sp³-hybridized carbons (Fsp3) is 0.200. The van der Waals surface area contributed by atoms with Gasteiger partial charge in [-0.25, -0.2) is 4.39 Å². The Morgan fingerprint density at radius 2 is 1.88 bits per heavy atom. The fourth-order valence-corrected chi connectivity index (χ4v) is 4.52. The number of nitrogens with zero attached hydrogens (tertiary/aromatic N) is 2.